The van der Waals surface area contributed by atoms with E-state index in [1.165, 1.54) is 0 Å². The van der Waals surface area contributed by atoms with Crippen LogP contribution in [0.15, 0.2) is 30.3 Å². The average Bonchev–Trinajstić information content (AvgIpc) is 2.63. The van der Waals surface area contributed by atoms with Crippen LogP contribution in [0.1, 0.15) is 45.1 Å². The number of benzene rings is 1. The van der Waals surface area contributed by atoms with Gasteiger partial charge < -0.3 is 15.4 Å². The highest BCUT2D eigenvalue weighted by atomic mass is 16.5. The highest BCUT2D eigenvalue weighted by molar-refractivity contribution is 5.87. The second-order valence-corrected chi connectivity index (χ2v) is 6.01. The van der Waals surface area contributed by atoms with Crippen LogP contribution in [0, 0.1) is 5.92 Å². The Balaban J connectivity index is 2.52. The molecule has 138 valence electrons. The van der Waals surface area contributed by atoms with Gasteiger partial charge >= 0.3 is 5.97 Å². The highest BCUT2D eigenvalue weighted by Crippen LogP contribution is 2.28. The third-order valence-electron chi connectivity index (χ3n) is 3.99. The molecule has 0 aliphatic heterocycles. The monoisotopic (exact) mass is 348 g/mol. The Morgan fingerprint density at radius 3 is 2.32 bits per heavy atom. The van der Waals surface area contributed by atoms with E-state index in [0.29, 0.717) is 6.54 Å². The van der Waals surface area contributed by atoms with Gasteiger partial charge in [0.1, 0.15) is 0 Å². The van der Waals surface area contributed by atoms with Gasteiger partial charge in [0.2, 0.25) is 5.91 Å². The zero-order valence-electron chi connectivity index (χ0n) is 15.2. The van der Waals surface area contributed by atoms with E-state index >= 15 is 0 Å². The fraction of sp³-hybridized carbons (Fsp3) is 0.526. The third-order valence-corrected chi connectivity index (χ3v) is 3.99. The van der Waals surface area contributed by atoms with Crippen LogP contribution in [0.3, 0.4) is 0 Å². The first-order valence-corrected chi connectivity index (χ1v) is 8.74. The van der Waals surface area contributed by atoms with Crippen molar-refractivity contribution in [2.75, 3.05) is 19.7 Å². The number of nitrogens with one attached hydrogen (secondary N) is 2. The molecule has 0 saturated carbocycles. The quantitative estimate of drug-likeness (QED) is 0.634. The van der Waals surface area contributed by atoms with E-state index in [2.05, 4.69) is 10.6 Å². The van der Waals surface area contributed by atoms with Crippen molar-refractivity contribution in [2.45, 2.75) is 39.5 Å². The van der Waals surface area contributed by atoms with Gasteiger partial charge in [-0.2, -0.15) is 0 Å². The molecule has 0 unspecified atom stereocenters. The molecule has 0 spiro atoms. The molecule has 0 bridgehead atoms. The average molecular weight is 348 g/mol. The minimum Gasteiger partial charge on any atom is -0.455 e. The Labute approximate surface area is 149 Å². The molecule has 6 heteroatoms. The van der Waals surface area contributed by atoms with Crippen LogP contribution < -0.4 is 10.6 Å². The van der Waals surface area contributed by atoms with E-state index in [9.17, 15) is 14.4 Å². The molecule has 0 aromatic heterocycles. The van der Waals surface area contributed by atoms with E-state index in [1.807, 2.05) is 51.1 Å². The lowest BCUT2D eigenvalue weighted by Gasteiger charge is -2.21. The molecule has 25 heavy (non-hydrogen) atoms. The number of carbonyl (C=O) groups excluding carboxylic acids is 3. The summed E-state index contributed by atoms with van der Waals surface area (Å²) in [5.74, 6) is -1.49. The van der Waals surface area contributed by atoms with Gasteiger partial charge in [-0.1, -0.05) is 57.5 Å². The molecule has 0 fully saturated rings. The summed E-state index contributed by atoms with van der Waals surface area (Å²) in [6.45, 7) is 5.99. The van der Waals surface area contributed by atoms with Crippen LogP contribution in [0.4, 0.5) is 0 Å². The molecule has 0 radical (unpaired) electrons. The van der Waals surface area contributed by atoms with Gasteiger partial charge in [-0.25, -0.2) is 0 Å². The lowest BCUT2D eigenvalue weighted by molar-refractivity contribution is -0.151. The lowest BCUT2D eigenvalue weighted by atomic mass is 9.86. The lowest BCUT2D eigenvalue weighted by Crippen LogP contribution is -2.39. The number of hydrogen-bond acceptors (Lipinski definition) is 4. The van der Waals surface area contributed by atoms with Crippen LogP contribution in [-0.2, 0) is 19.1 Å². The summed E-state index contributed by atoms with van der Waals surface area (Å²) in [4.78, 5) is 35.6. The smallest absolute Gasteiger partial charge is 0.314 e. The normalized spacial score (nSPS) is 12.8. The Kier molecular flexibility index (Phi) is 9.29. The summed E-state index contributed by atoms with van der Waals surface area (Å²) in [7, 11) is 0. The minimum atomic E-state index is -0.490. The Bertz CT molecular complexity index is 560. The Morgan fingerprint density at radius 1 is 1.04 bits per heavy atom. The Hall–Kier alpha value is -2.37. The van der Waals surface area contributed by atoms with Gasteiger partial charge in [0.25, 0.3) is 5.91 Å². The molecule has 0 saturated heterocycles. The number of amides is 2. The summed E-state index contributed by atoms with van der Waals surface area (Å²) < 4.78 is 5.17. The Morgan fingerprint density at radius 2 is 1.72 bits per heavy atom. The van der Waals surface area contributed by atoms with Gasteiger partial charge in [-0.15, -0.1) is 0 Å². The number of ether oxygens (including phenoxy) is 1. The van der Waals surface area contributed by atoms with E-state index in [4.69, 9.17) is 4.74 Å². The molecule has 1 aromatic rings. The van der Waals surface area contributed by atoms with Crippen molar-refractivity contribution < 1.29 is 19.1 Å². The molecule has 0 aliphatic rings. The number of hydrogen-bond donors (Lipinski definition) is 2. The van der Waals surface area contributed by atoms with Crippen LogP contribution in [0.2, 0.25) is 0 Å². The minimum absolute atomic E-state index is 0.0952. The summed E-state index contributed by atoms with van der Waals surface area (Å²) in [6, 6.07) is 9.41. The van der Waals surface area contributed by atoms with Crippen LogP contribution >= 0.6 is 0 Å². The number of rotatable bonds is 10. The van der Waals surface area contributed by atoms with E-state index in [0.717, 1.165) is 18.4 Å². The largest absolute Gasteiger partial charge is 0.455 e. The molecular weight excluding hydrogens is 320 g/mol. The summed E-state index contributed by atoms with van der Waals surface area (Å²) >= 11 is 0. The van der Waals surface area contributed by atoms with Gasteiger partial charge in [0.15, 0.2) is 6.61 Å². The second kappa shape index (κ2) is 11.2. The summed E-state index contributed by atoms with van der Waals surface area (Å²) in [6.07, 6.45) is 1.65. The van der Waals surface area contributed by atoms with Gasteiger partial charge in [-0.3, -0.25) is 14.4 Å². The molecule has 2 N–H and O–H groups in total. The van der Waals surface area contributed by atoms with Crippen molar-refractivity contribution in [3.63, 3.8) is 0 Å². The SMILES string of the molecule is CCCNC(=O)CNC(=O)COC(=O)[C@H](c1ccccc1)[C@@H](C)CC. The first kappa shape index (κ1) is 20.7. The summed E-state index contributed by atoms with van der Waals surface area (Å²) in [5, 5.41) is 5.09. The fourth-order valence-electron chi connectivity index (χ4n) is 2.38. The zero-order valence-corrected chi connectivity index (χ0v) is 15.2. The first-order chi connectivity index (χ1) is 12.0. The van der Waals surface area contributed by atoms with E-state index < -0.39 is 17.8 Å². The number of esters is 1. The molecule has 2 amide bonds. The molecule has 1 aromatic carbocycles. The van der Waals surface area contributed by atoms with Crippen molar-refractivity contribution in [1.82, 2.24) is 10.6 Å². The predicted molar refractivity (Wildman–Crippen MR) is 95.9 cm³/mol. The van der Waals surface area contributed by atoms with Gasteiger partial charge in [-0.05, 0) is 17.9 Å². The van der Waals surface area contributed by atoms with Crippen molar-refractivity contribution in [1.29, 1.82) is 0 Å². The standard InChI is InChI=1S/C19H28N2O4/c1-4-11-20-16(22)12-21-17(23)13-25-19(24)18(14(3)5-2)15-9-7-6-8-10-15/h6-10,14,18H,4-5,11-13H2,1-3H3,(H,20,22)(H,21,23)/t14-,18-/m0/s1. The summed E-state index contributed by atoms with van der Waals surface area (Å²) in [5.41, 5.74) is 0.876. The topological polar surface area (TPSA) is 84.5 Å². The second-order valence-electron chi connectivity index (χ2n) is 6.01. The van der Waals surface area contributed by atoms with E-state index in [-0.39, 0.29) is 25.0 Å². The van der Waals surface area contributed by atoms with E-state index in [1.54, 1.807) is 0 Å². The number of carbonyl (C=O) groups is 3. The van der Waals surface area contributed by atoms with Crippen molar-refractivity contribution >= 4 is 17.8 Å². The van der Waals surface area contributed by atoms with Crippen LogP contribution in [-0.4, -0.2) is 37.5 Å². The maximum absolute atomic E-state index is 12.4. The predicted octanol–water partition coefficient (Wildman–Crippen LogP) is 2.00. The molecule has 0 aliphatic carbocycles. The van der Waals surface area contributed by atoms with Crippen LogP contribution in [0.5, 0.6) is 0 Å². The molecule has 1 rings (SSSR count). The third kappa shape index (κ3) is 7.37. The fourth-order valence-corrected chi connectivity index (χ4v) is 2.38. The van der Waals surface area contributed by atoms with Gasteiger partial charge in [0.05, 0.1) is 12.5 Å². The zero-order chi connectivity index (χ0) is 18.7. The molecule has 2 atom stereocenters. The van der Waals surface area contributed by atoms with Crippen LogP contribution in [0.25, 0.3) is 0 Å². The maximum atomic E-state index is 12.4. The molecule has 0 heterocycles. The van der Waals surface area contributed by atoms with Crippen molar-refractivity contribution in [3.05, 3.63) is 35.9 Å². The van der Waals surface area contributed by atoms with Crippen molar-refractivity contribution in [2.24, 2.45) is 5.92 Å². The molecule has 6 nitrogen and oxygen atoms in total. The first-order valence-electron chi connectivity index (χ1n) is 8.74. The van der Waals surface area contributed by atoms with Crippen molar-refractivity contribution in [3.8, 4) is 0 Å². The van der Waals surface area contributed by atoms with Gasteiger partial charge in [0, 0.05) is 6.54 Å². The maximum Gasteiger partial charge on any atom is 0.314 e. The highest BCUT2D eigenvalue weighted by Gasteiger charge is 2.27. The molecular formula is C19H28N2O4.